The Hall–Kier alpha value is -0.880. The molecule has 0 spiro atoms. The predicted molar refractivity (Wildman–Crippen MR) is 77.9 cm³/mol. The maximum absolute atomic E-state index is 11.9. The van der Waals surface area contributed by atoms with Gasteiger partial charge in [-0.15, -0.1) is 0 Å². The highest BCUT2D eigenvalue weighted by Crippen LogP contribution is 2.23. The SMILES string of the molecule is CCNC(CCc1ccnn1C)C(C)(C)S(C)(=O)=O. The quantitative estimate of drug-likeness (QED) is 0.817. The fraction of sp³-hybridized carbons (Fsp3) is 0.769. The van der Waals surface area contributed by atoms with Gasteiger partial charge in [0.2, 0.25) is 0 Å². The van der Waals surface area contributed by atoms with Gasteiger partial charge in [0.1, 0.15) is 0 Å². The van der Waals surface area contributed by atoms with E-state index < -0.39 is 14.6 Å². The lowest BCUT2D eigenvalue weighted by Gasteiger charge is -2.33. The maximum Gasteiger partial charge on any atom is 0.154 e. The van der Waals surface area contributed by atoms with Crippen LogP contribution in [0.3, 0.4) is 0 Å². The second-order valence-electron chi connectivity index (χ2n) is 5.47. The van der Waals surface area contributed by atoms with Crippen molar-refractivity contribution in [2.75, 3.05) is 12.8 Å². The topological polar surface area (TPSA) is 64.0 Å². The summed E-state index contributed by atoms with van der Waals surface area (Å²) in [7, 11) is -1.21. The number of sulfone groups is 1. The Morgan fingerprint density at radius 1 is 1.47 bits per heavy atom. The molecule has 5 nitrogen and oxygen atoms in total. The van der Waals surface area contributed by atoms with Gasteiger partial charge in [-0.1, -0.05) is 6.92 Å². The van der Waals surface area contributed by atoms with E-state index >= 15 is 0 Å². The molecular formula is C13H25N3O2S. The summed E-state index contributed by atoms with van der Waals surface area (Å²) in [6.07, 6.45) is 4.65. The molecule has 1 rings (SSSR count). The molecule has 1 atom stereocenters. The van der Waals surface area contributed by atoms with Crippen LogP contribution in [0.4, 0.5) is 0 Å². The molecule has 1 N–H and O–H groups in total. The lowest BCUT2D eigenvalue weighted by atomic mass is 9.97. The zero-order valence-electron chi connectivity index (χ0n) is 12.5. The van der Waals surface area contributed by atoms with Crippen molar-refractivity contribution in [3.63, 3.8) is 0 Å². The number of aromatic nitrogens is 2. The summed E-state index contributed by atoms with van der Waals surface area (Å²) in [5.41, 5.74) is 1.12. The Kier molecular flexibility index (Phi) is 5.15. The van der Waals surface area contributed by atoms with Gasteiger partial charge in [0.25, 0.3) is 0 Å². The van der Waals surface area contributed by atoms with Gasteiger partial charge in [-0.2, -0.15) is 5.10 Å². The molecule has 1 unspecified atom stereocenters. The average Bonchev–Trinajstić information content (AvgIpc) is 2.68. The van der Waals surface area contributed by atoms with Gasteiger partial charge in [-0.25, -0.2) is 8.42 Å². The van der Waals surface area contributed by atoms with Crippen LogP contribution in [0.5, 0.6) is 0 Å². The zero-order valence-corrected chi connectivity index (χ0v) is 13.3. The normalized spacial score (nSPS) is 14.6. The Labute approximate surface area is 116 Å². The highest BCUT2D eigenvalue weighted by atomic mass is 32.2. The molecule has 0 saturated heterocycles. The van der Waals surface area contributed by atoms with E-state index in [9.17, 15) is 8.42 Å². The molecule has 6 heteroatoms. The summed E-state index contributed by atoms with van der Waals surface area (Å²) in [5, 5.41) is 7.43. The van der Waals surface area contributed by atoms with Crippen LogP contribution in [0.15, 0.2) is 12.3 Å². The lowest BCUT2D eigenvalue weighted by Crippen LogP contribution is -2.51. The molecule has 1 heterocycles. The minimum Gasteiger partial charge on any atom is -0.313 e. The van der Waals surface area contributed by atoms with E-state index in [-0.39, 0.29) is 6.04 Å². The lowest BCUT2D eigenvalue weighted by molar-refractivity contribution is 0.392. The molecule has 0 aliphatic carbocycles. The molecular weight excluding hydrogens is 262 g/mol. The minimum atomic E-state index is -3.11. The highest BCUT2D eigenvalue weighted by molar-refractivity contribution is 7.92. The standard InChI is InChI=1S/C13H25N3O2S/c1-6-14-12(13(2,3)19(5,17)18)8-7-11-9-10-15-16(11)4/h9-10,12,14H,6-8H2,1-5H3. The van der Waals surface area contributed by atoms with Crippen LogP contribution >= 0.6 is 0 Å². The fourth-order valence-corrected chi connectivity index (χ4v) is 2.86. The van der Waals surface area contributed by atoms with Gasteiger partial charge in [0.15, 0.2) is 9.84 Å². The van der Waals surface area contributed by atoms with Crippen molar-refractivity contribution < 1.29 is 8.42 Å². The van der Waals surface area contributed by atoms with E-state index in [0.717, 1.165) is 25.1 Å². The van der Waals surface area contributed by atoms with Gasteiger partial charge < -0.3 is 5.32 Å². The molecule has 0 bridgehead atoms. The van der Waals surface area contributed by atoms with Crippen LogP contribution in [-0.2, 0) is 23.3 Å². The van der Waals surface area contributed by atoms with E-state index in [2.05, 4.69) is 10.4 Å². The van der Waals surface area contributed by atoms with Crippen molar-refractivity contribution in [1.29, 1.82) is 0 Å². The molecule has 0 amide bonds. The van der Waals surface area contributed by atoms with Crippen LogP contribution in [0.2, 0.25) is 0 Å². The summed E-state index contributed by atoms with van der Waals surface area (Å²) in [5.74, 6) is 0. The van der Waals surface area contributed by atoms with Crippen LogP contribution in [-0.4, -0.2) is 41.8 Å². The maximum atomic E-state index is 11.9. The Morgan fingerprint density at radius 2 is 2.11 bits per heavy atom. The molecule has 1 aromatic rings. The number of hydrogen-bond acceptors (Lipinski definition) is 4. The van der Waals surface area contributed by atoms with E-state index in [1.807, 2.05) is 24.7 Å². The molecule has 0 saturated carbocycles. The summed E-state index contributed by atoms with van der Waals surface area (Å²) in [6, 6.07) is 1.90. The number of hydrogen-bond donors (Lipinski definition) is 1. The molecule has 0 aliphatic rings. The van der Waals surface area contributed by atoms with Crippen molar-refractivity contribution in [1.82, 2.24) is 15.1 Å². The first-order valence-electron chi connectivity index (χ1n) is 6.60. The molecule has 1 aromatic heterocycles. The van der Waals surface area contributed by atoms with Crippen LogP contribution in [0.25, 0.3) is 0 Å². The van der Waals surface area contributed by atoms with E-state index in [4.69, 9.17) is 0 Å². The number of aryl methyl sites for hydroxylation is 2. The van der Waals surface area contributed by atoms with Gasteiger partial charge in [0, 0.05) is 31.2 Å². The van der Waals surface area contributed by atoms with E-state index in [1.54, 1.807) is 20.0 Å². The molecule has 0 aromatic carbocycles. The van der Waals surface area contributed by atoms with E-state index in [0.29, 0.717) is 0 Å². The first-order valence-corrected chi connectivity index (χ1v) is 8.49. The average molecular weight is 287 g/mol. The van der Waals surface area contributed by atoms with Crippen molar-refractivity contribution in [2.45, 2.75) is 44.4 Å². The molecule has 110 valence electrons. The van der Waals surface area contributed by atoms with Crippen molar-refractivity contribution in [3.05, 3.63) is 18.0 Å². The van der Waals surface area contributed by atoms with Gasteiger partial charge in [0.05, 0.1) is 4.75 Å². The Bertz CT molecular complexity index is 506. The zero-order chi connectivity index (χ0) is 14.7. The second kappa shape index (κ2) is 6.05. The largest absolute Gasteiger partial charge is 0.313 e. The van der Waals surface area contributed by atoms with E-state index in [1.165, 1.54) is 6.26 Å². The first-order chi connectivity index (χ1) is 8.70. The summed E-state index contributed by atoms with van der Waals surface area (Å²) >= 11 is 0. The highest BCUT2D eigenvalue weighted by Gasteiger charge is 2.38. The summed E-state index contributed by atoms with van der Waals surface area (Å²) in [6.45, 7) is 6.34. The smallest absolute Gasteiger partial charge is 0.154 e. The fourth-order valence-electron chi connectivity index (χ4n) is 2.14. The molecule has 0 radical (unpaired) electrons. The van der Waals surface area contributed by atoms with Crippen LogP contribution in [0.1, 0.15) is 32.9 Å². The Morgan fingerprint density at radius 3 is 2.53 bits per heavy atom. The predicted octanol–water partition coefficient (Wildman–Crippen LogP) is 1.15. The van der Waals surface area contributed by atoms with Crippen molar-refractivity contribution in [2.24, 2.45) is 7.05 Å². The first kappa shape index (κ1) is 16.2. The minimum absolute atomic E-state index is 0.0672. The second-order valence-corrected chi connectivity index (χ2v) is 8.07. The number of rotatable bonds is 7. The monoisotopic (exact) mass is 287 g/mol. The van der Waals surface area contributed by atoms with Gasteiger partial charge in [-0.3, -0.25) is 4.68 Å². The molecule has 19 heavy (non-hydrogen) atoms. The molecule has 0 fully saturated rings. The number of nitrogens with one attached hydrogen (secondary N) is 1. The summed E-state index contributed by atoms with van der Waals surface area (Å²) < 4.78 is 24.9. The molecule has 0 aliphatic heterocycles. The third-order valence-electron chi connectivity index (χ3n) is 3.86. The van der Waals surface area contributed by atoms with Gasteiger partial charge in [-0.05, 0) is 39.3 Å². The van der Waals surface area contributed by atoms with Gasteiger partial charge >= 0.3 is 0 Å². The third-order valence-corrected chi connectivity index (χ3v) is 6.05. The van der Waals surface area contributed by atoms with Crippen LogP contribution in [0, 0.1) is 0 Å². The van der Waals surface area contributed by atoms with Crippen molar-refractivity contribution in [3.8, 4) is 0 Å². The summed E-state index contributed by atoms with van der Waals surface area (Å²) in [4.78, 5) is 0. The number of nitrogens with zero attached hydrogens (tertiary/aromatic N) is 2. The third kappa shape index (κ3) is 3.79. The Balaban J connectivity index is 2.82. The van der Waals surface area contributed by atoms with Crippen molar-refractivity contribution >= 4 is 9.84 Å². The van der Waals surface area contributed by atoms with Crippen LogP contribution < -0.4 is 5.32 Å².